The topological polar surface area (TPSA) is 27.7 Å². The molecular weight excluding hydrogens is 355 g/mol. The molecule has 1 unspecified atom stereocenters. The van der Waals surface area contributed by atoms with E-state index < -0.39 is 5.60 Å². The van der Waals surface area contributed by atoms with Gasteiger partial charge >= 0.3 is 0 Å². The molecular formula is C15H17IO3. The molecule has 0 N–H and O–H groups in total. The summed E-state index contributed by atoms with van der Waals surface area (Å²) < 4.78 is 17.7. The van der Waals surface area contributed by atoms with Crippen molar-refractivity contribution in [2.24, 2.45) is 0 Å². The van der Waals surface area contributed by atoms with Crippen molar-refractivity contribution in [1.29, 1.82) is 0 Å². The van der Waals surface area contributed by atoms with Gasteiger partial charge < -0.3 is 14.2 Å². The van der Waals surface area contributed by atoms with Gasteiger partial charge in [0.15, 0.2) is 0 Å². The summed E-state index contributed by atoms with van der Waals surface area (Å²) in [7, 11) is 5.05. The van der Waals surface area contributed by atoms with E-state index in [9.17, 15) is 0 Å². The van der Waals surface area contributed by atoms with E-state index >= 15 is 0 Å². The van der Waals surface area contributed by atoms with Crippen molar-refractivity contribution in [2.45, 2.75) is 12.0 Å². The van der Waals surface area contributed by atoms with Crippen molar-refractivity contribution in [3.8, 4) is 0 Å². The summed E-state index contributed by atoms with van der Waals surface area (Å²) in [6.07, 6.45) is 2.68. The van der Waals surface area contributed by atoms with Crippen LogP contribution in [0.2, 0.25) is 0 Å². The molecule has 2 rings (SSSR count). The van der Waals surface area contributed by atoms with Gasteiger partial charge in [0.1, 0.15) is 17.1 Å². The van der Waals surface area contributed by atoms with Crippen molar-refractivity contribution in [3.05, 3.63) is 57.1 Å². The smallest absolute Gasteiger partial charge is 0.134 e. The predicted molar refractivity (Wildman–Crippen MR) is 82.9 cm³/mol. The van der Waals surface area contributed by atoms with E-state index in [1.54, 1.807) is 21.3 Å². The largest absolute Gasteiger partial charge is 0.500 e. The van der Waals surface area contributed by atoms with E-state index in [-0.39, 0.29) is 0 Å². The Morgan fingerprint density at radius 2 is 1.74 bits per heavy atom. The van der Waals surface area contributed by atoms with Gasteiger partial charge in [-0.1, -0.05) is 30.3 Å². The van der Waals surface area contributed by atoms with Gasteiger partial charge in [-0.3, -0.25) is 0 Å². The zero-order chi connectivity index (χ0) is 13.9. The average molecular weight is 372 g/mol. The maximum Gasteiger partial charge on any atom is 0.134 e. The second kappa shape index (κ2) is 5.96. The summed E-state index contributed by atoms with van der Waals surface area (Å²) in [4.78, 5) is 0. The summed E-state index contributed by atoms with van der Waals surface area (Å²) in [5.74, 6) is 1.67. The first-order chi connectivity index (χ1) is 9.16. The SMILES string of the molecule is COC1=CC(OC)(c2ccccc2)CC(OC)=C1I. The third-order valence-electron chi connectivity index (χ3n) is 3.34. The summed E-state index contributed by atoms with van der Waals surface area (Å²) >= 11 is 2.24. The van der Waals surface area contributed by atoms with Crippen LogP contribution in [0.1, 0.15) is 12.0 Å². The van der Waals surface area contributed by atoms with E-state index in [0.717, 1.165) is 20.7 Å². The molecule has 19 heavy (non-hydrogen) atoms. The van der Waals surface area contributed by atoms with Crippen molar-refractivity contribution in [1.82, 2.24) is 0 Å². The molecule has 0 amide bonds. The molecule has 1 aliphatic rings. The molecule has 0 fully saturated rings. The fraction of sp³-hybridized carbons (Fsp3) is 0.333. The molecule has 0 radical (unpaired) electrons. The van der Waals surface area contributed by atoms with E-state index in [2.05, 4.69) is 34.7 Å². The van der Waals surface area contributed by atoms with E-state index in [1.807, 2.05) is 24.3 Å². The molecule has 1 aromatic carbocycles. The summed E-state index contributed by atoms with van der Waals surface area (Å²) in [6, 6.07) is 10.1. The molecule has 0 spiro atoms. The standard InChI is InChI=1S/C15H17IO3/c1-17-12-9-15(19-3,10-13(18-2)14(12)16)11-7-5-4-6-8-11/h4-9H,10H2,1-3H3. The van der Waals surface area contributed by atoms with Crippen molar-refractivity contribution in [2.75, 3.05) is 21.3 Å². The highest BCUT2D eigenvalue weighted by Gasteiger charge is 2.37. The Labute approximate surface area is 127 Å². The van der Waals surface area contributed by atoms with Crippen molar-refractivity contribution >= 4 is 22.6 Å². The lowest BCUT2D eigenvalue weighted by atomic mass is 9.85. The molecule has 0 aromatic heterocycles. The second-order valence-corrected chi connectivity index (χ2v) is 5.37. The number of benzene rings is 1. The van der Waals surface area contributed by atoms with E-state index in [1.165, 1.54) is 0 Å². The molecule has 1 aromatic rings. The number of rotatable bonds is 4. The third kappa shape index (κ3) is 2.65. The van der Waals surface area contributed by atoms with Gasteiger partial charge in [-0.05, 0) is 34.2 Å². The van der Waals surface area contributed by atoms with Crippen LogP contribution in [0.15, 0.2) is 51.5 Å². The van der Waals surface area contributed by atoms with Crippen LogP contribution in [0.5, 0.6) is 0 Å². The molecule has 1 atom stereocenters. The number of hydrogen-bond donors (Lipinski definition) is 0. The van der Waals surface area contributed by atoms with Crippen molar-refractivity contribution in [3.63, 3.8) is 0 Å². The van der Waals surface area contributed by atoms with Crippen LogP contribution in [0.25, 0.3) is 0 Å². The highest BCUT2D eigenvalue weighted by Crippen LogP contribution is 2.43. The normalized spacial score (nSPS) is 23.1. The minimum atomic E-state index is -0.535. The molecule has 102 valence electrons. The Hall–Kier alpha value is -1.01. The Kier molecular flexibility index (Phi) is 4.52. The lowest BCUT2D eigenvalue weighted by molar-refractivity contribution is 0.0117. The summed E-state index contributed by atoms with van der Waals surface area (Å²) in [6.45, 7) is 0. The second-order valence-electron chi connectivity index (χ2n) is 4.29. The molecule has 0 heterocycles. The monoisotopic (exact) mass is 372 g/mol. The molecule has 1 aliphatic carbocycles. The maximum absolute atomic E-state index is 5.80. The number of allylic oxidation sites excluding steroid dienone is 1. The quantitative estimate of drug-likeness (QED) is 0.754. The van der Waals surface area contributed by atoms with Crippen LogP contribution in [0.4, 0.5) is 0 Å². The minimum Gasteiger partial charge on any atom is -0.500 e. The number of halogens is 1. The summed E-state index contributed by atoms with van der Waals surface area (Å²) in [5.41, 5.74) is 0.553. The van der Waals surface area contributed by atoms with Crippen LogP contribution < -0.4 is 0 Å². The fourth-order valence-corrected chi connectivity index (χ4v) is 3.03. The lowest BCUT2D eigenvalue weighted by Gasteiger charge is -2.34. The Morgan fingerprint density at radius 3 is 2.26 bits per heavy atom. The van der Waals surface area contributed by atoms with Gasteiger partial charge in [-0.15, -0.1) is 0 Å². The molecule has 0 bridgehead atoms. The molecule has 0 saturated carbocycles. The fourth-order valence-electron chi connectivity index (χ4n) is 2.24. The van der Waals surface area contributed by atoms with Crippen LogP contribution in [0.3, 0.4) is 0 Å². The van der Waals surface area contributed by atoms with Gasteiger partial charge in [-0.25, -0.2) is 0 Å². The third-order valence-corrected chi connectivity index (χ3v) is 4.47. The molecule has 0 aliphatic heterocycles. The van der Waals surface area contributed by atoms with Crippen LogP contribution in [-0.2, 0) is 19.8 Å². The highest BCUT2D eigenvalue weighted by molar-refractivity contribution is 14.1. The first-order valence-corrected chi connectivity index (χ1v) is 7.05. The number of methoxy groups -OCH3 is 3. The number of ether oxygens (including phenoxy) is 3. The van der Waals surface area contributed by atoms with Crippen molar-refractivity contribution < 1.29 is 14.2 Å². The van der Waals surface area contributed by atoms with Crippen LogP contribution in [0, 0.1) is 0 Å². The number of hydrogen-bond acceptors (Lipinski definition) is 3. The van der Waals surface area contributed by atoms with Crippen LogP contribution >= 0.6 is 22.6 Å². The Balaban J connectivity index is 2.52. The predicted octanol–water partition coefficient (Wildman–Crippen LogP) is 3.76. The first-order valence-electron chi connectivity index (χ1n) is 5.97. The molecule has 3 nitrogen and oxygen atoms in total. The van der Waals surface area contributed by atoms with E-state index in [0.29, 0.717) is 6.42 Å². The Bertz CT molecular complexity index is 507. The zero-order valence-electron chi connectivity index (χ0n) is 11.3. The first kappa shape index (κ1) is 14.4. The summed E-state index contributed by atoms with van der Waals surface area (Å²) in [5, 5.41) is 0. The Morgan fingerprint density at radius 1 is 1.05 bits per heavy atom. The zero-order valence-corrected chi connectivity index (χ0v) is 13.4. The highest BCUT2D eigenvalue weighted by atomic mass is 127. The van der Waals surface area contributed by atoms with Gasteiger partial charge in [0.25, 0.3) is 0 Å². The van der Waals surface area contributed by atoms with E-state index in [4.69, 9.17) is 14.2 Å². The van der Waals surface area contributed by atoms with Gasteiger partial charge in [0.05, 0.1) is 17.8 Å². The van der Waals surface area contributed by atoms with Gasteiger partial charge in [-0.2, -0.15) is 0 Å². The molecule has 0 saturated heterocycles. The van der Waals surface area contributed by atoms with Crippen LogP contribution in [-0.4, -0.2) is 21.3 Å². The maximum atomic E-state index is 5.80. The average Bonchev–Trinajstić information content (AvgIpc) is 2.49. The lowest BCUT2D eigenvalue weighted by Crippen LogP contribution is -2.30. The van der Waals surface area contributed by atoms with Gasteiger partial charge in [0.2, 0.25) is 0 Å². The minimum absolute atomic E-state index is 0.535. The van der Waals surface area contributed by atoms with Gasteiger partial charge in [0, 0.05) is 13.5 Å². The molecule has 4 heteroatoms.